The minimum atomic E-state index is -0.529. The fraction of sp³-hybridized carbons (Fsp3) is 0.300. The molecule has 0 aromatic carbocycles. The summed E-state index contributed by atoms with van der Waals surface area (Å²) in [4.78, 5) is 9.84. The van der Waals surface area contributed by atoms with E-state index in [4.69, 9.17) is 0 Å². The second-order valence-electron chi connectivity index (χ2n) is 2.49. The fourth-order valence-corrected chi connectivity index (χ4v) is 0.602. The maximum absolute atomic E-state index is 9.84. The van der Waals surface area contributed by atoms with Crippen molar-refractivity contribution in [1.82, 2.24) is 0 Å². The van der Waals surface area contributed by atoms with Gasteiger partial charge in [-0.2, -0.15) is 0 Å². The number of aliphatic hydroxyl groups is 1. The molecule has 12 heavy (non-hydrogen) atoms. The molecule has 0 rings (SSSR count). The van der Waals surface area contributed by atoms with Crippen molar-refractivity contribution in [3.8, 4) is 0 Å². The van der Waals surface area contributed by atoms with Crippen LogP contribution >= 0.6 is 0 Å². The van der Waals surface area contributed by atoms with Crippen LogP contribution in [0.15, 0.2) is 37.0 Å². The lowest BCUT2D eigenvalue weighted by Gasteiger charge is -2.08. The standard InChI is InChI=1S/C10H14O2/c1-3-9(2)10(12)7-5-4-6-8-11/h3-10,12H,1H2,2H3/b6-4+,7-5+/t9-,10+/m1/s1. The van der Waals surface area contributed by atoms with Gasteiger partial charge in [0.2, 0.25) is 0 Å². The molecule has 1 N–H and O–H groups in total. The molecule has 0 saturated carbocycles. The molecule has 2 nitrogen and oxygen atoms in total. The highest BCUT2D eigenvalue weighted by Crippen LogP contribution is 2.04. The molecule has 66 valence electrons. The molecule has 0 aliphatic rings. The molecular formula is C10H14O2. The molecule has 0 aliphatic carbocycles. The third-order valence-electron chi connectivity index (χ3n) is 1.52. The van der Waals surface area contributed by atoms with Crippen LogP contribution in [0.1, 0.15) is 6.92 Å². The quantitative estimate of drug-likeness (QED) is 0.291. The van der Waals surface area contributed by atoms with Crippen LogP contribution in [0.2, 0.25) is 0 Å². The van der Waals surface area contributed by atoms with Crippen molar-refractivity contribution in [2.24, 2.45) is 5.92 Å². The molecule has 0 aromatic heterocycles. The molecule has 2 atom stereocenters. The molecule has 0 heterocycles. The molecule has 0 spiro atoms. The molecule has 0 bridgehead atoms. The Morgan fingerprint density at radius 2 is 2.00 bits per heavy atom. The monoisotopic (exact) mass is 166 g/mol. The summed E-state index contributed by atoms with van der Waals surface area (Å²) in [7, 11) is 0. The lowest BCUT2D eigenvalue weighted by Crippen LogP contribution is -2.11. The summed E-state index contributed by atoms with van der Waals surface area (Å²) in [6, 6.07) is 0. The van der Waals surface area contributed by atoms with E-state index < -0.39 is 6.10 Å². The van der Waals surface area contributed by atoms with Crippen molar-refractivity contribution in [2.75, 3.05) is 0 Å². The number of carbonyl (C=O) groups is 1. The van der Waals surface area contributed by atoms with Crippen LogP contribution < -0.4 is 0 Å². The molecule has 0 radical (unpaired) electrons. The van der Waals surface area contributed by atoms with E-state index in [2.05, 4.69) is 6.58 Å². The van der Waals surface area contributed by atoms with E-state index in [-0.39, 0.29) is 5.92 Å². The largest absolute Gasteiger partial charge is 0.388 e. The van der Waals surface area contributed by atoms with Gasteiger partial charge in [0.15, 0.2) is 0 Å². The molecule has 0 aliphatic heterocycles. The van der Waals surface area contributed by atoms with Crippen LogP contribution in [0.4, 0.5) is 0 Å². The maximum Gasteiger partial charge on any atom is 0.142 e. The first-order valence-corrected chi connectivity index (χ1v) is 3.81. The summed E-state index contributed by atoms with van der Waals surface area (Å²) in [5.74, 6) is 0.0332. The van der Waals surface area contributed by atoms with Gasteiger partial charge in [0, 0.05) is 5.92 Å². The Kier molecular flexibility index (Phi) is 5.93. The van der Waals surface area contributed by atoms with Crippen molar-refractivity contribution >= 4 is 6.29 Å². The number of hydrogen-bond donors (Lipinski definition) is 1. The van der Waals surface area contributed by atoms with Gasteiger partial charge in [-0.3, -0.25) is 4.79 Å². The number of allylic oxidation sites excluding steroid dienone is 3. The first-order chi connectivity index (χ1) is 5.72. The second kappa shape index (κ2) is 6.55. The zero-order chi connectivity index (χ0) is 9.40. The summed E-state index contributed by atoms with van der Waals surface area (Å²) < 4.78 is 0. The summed E-state index contributed by atoms with van der Waals surface area (Å²) in [5, 5.41) is 9.34. The van der Waals surface area contributed by atoms with Gasteiger partial charge in [0.05, 0.1) is 6.10 Å². The van der Waals surface area contributed by atoms with Gasteiger partial charge >= 0.3 is 0 Å². The fourth-order valence-electron chi connectivity index (χ4n) is 0.602. The Morgan fingerprint density at radius 1 is 1.33 bits per heavy atom. The van der Waals surface area contributed by atoms with Crippen molar-refractivity contribution in [3.05, 3.63) is 37.0 Å². The summed E-state index contributed by atoms with van der Waals surface area (Å²) in [6.07, 6.45) is 8.03. The topological polar surface area (TPSA) is 37.3 Å². The van der Waals surface area contributed by atoms with Gasteiger partial charge in [-0.25, -0.2) is 0 Å². The first kappa shape index (κ1) is 10.8. The van der Waals surface area contributed by atoms with E-state index in [9.17, 15) is 9.90 Å². The van der Waals surface area contributed by atoms with Crippen LogP contribution in [0.5, 0.6) is 0 Å². The molecule has 0 saturated heterocycles. The third-order valence-corrected chi connectivity index (χ3v) is 1.52. The average molecular weight is 166 g/mol. The van der Waals surface area contributed by atoms with Crippen molar-refractivity contribution in [3.63, 3.8) is 0 Å². The lowest BCUT2D eigenvalue weighted by molar-refractivity contribution is -0.104. The highest BCUT2D eigenvalue weighted by atomic mass is 16.3. The van der Waals surface area contributed by atoms with Crippen molar-refractivity contribution in [2.45, 2.75) is 13.0 Å². The molecule has 0 fully saturated rings. The molecule has 2 heteroatoms. The smallest absolute Gasteiger partial charge is 0.142 e. The van der Waals surface area contributed by atoms with Gasteiger partial charge in [-0.1, -0.05) is 31.2 Å². The predicted molar refractivity (Wildman–Crippen MR) is 49.7 cm³/mol. The van der Waals surface area contributed by atoms with Gasteiger partial charge in [0.25, 0.3) is 0 Å². The highest BCUT2D eigenvalue weighted by molar-refractivity contribution is 5.65. The molecule has 0 unspecified atom stereocenters. The molecule has 0 aromatic rings. The number of aldehydes is 1. The van der Waals surface area contributed by atoms with E-state index >= 15 is 0 Å². The van der Waals surface area contributed by atoms with E-state index in [1.807, 2.05) is 6.92 Å². The number of rotatable bonds is 5. The maximum atomic E-state index is 9.84. The summed E-state index contributed by atoms with van der Waals surface area (Å²) in [6.45, 7) is 5.42. The zero-order valence-corrected chi connectivity index (χ0v) is 7.18. The van der Waals surface area contributed by atoms with Gasteiger partial charge in [-0.15, -0.1) is 6.58 Å². The normalized spacial score (nSPS) is 16.5. The third kappa shape index (κ3) is 4.63. The number of carbonyl (C=O) groups excluding carboxylic acids is 1. The van der Waals surface area contributed by atoms with Gasteiger partial charge in [-0.05, 0) is 6.08 Å². The molecule has 0 amide bonds. The van der Waals surface area contributed by atoms with Crippen LogP contribution in [0, 0.1) is 5.92 Å². The van der Waals surface area contributed by atoms with Crippen LogP contribution in [0.3, 0.4) is 0 Å². The van der Waals surface area contributed by atoms with Gasteiger partial charge in [0.1, 0.15) is 6.29 Å². The zero-order valence-electron chi connectivity index (χ0n) is 7.18. The Hall–Kier alpha value is -1.15. The van der Waals surface area contributed by atoms with Crippen molar-refractivity contribution in [1.29, 1.82) is 0 Å². The highest BCUT2D eigenvalue weighted by Gasteiger charge is 2.04. The first-order valence-electron chi connectivity index (χ1n) is 3.81. The van der Waals surface area contributed by atoms with Crippen LogP contribution in [-0.4, -0.2) is 17.5 Å². The minimum absolute atomic E-state index is 0.0332. The Bertz CT molecular complexity index is 192. The van der Waals surface area contributed by atoms with E-state index in [1.54, 1.807) is 24.3 Å². The summed E-state index contributed by atoms with van der Waals surface area (Å²) >= 11 is 0. The number of hydrogen-bond acceptors (Lipinski definition) is 2. The Labute approximate surface area is 72.9 Å². The average Bonchev–Trinajstić information content (AvgIpc) is 2.10. The lowest BCUT2D eigenvalue weighted by atomic mass is 10.1. The van der Waals surface area contributed by atoms with E-state index in [1.165, 1.54) is 6.08 Å². The SMILES string of the molecule is C=C[C@@H](C)[C@@H](O)/C=C/C=C/C=O. The van der Waals surface area contributed by atoms with E-state index in [0.717, 1.165) is 0 Å². The Morgan fingerprint density at radius 3 is 2.50 bits per heavy atom. The van der Waals surface area contributed by atoms with Crippen LogP contribution in [0.25, 0.3) is 0 Å². The van der Waals surface area contributed by atoms with E-state index in [0.29, 0.717) is 6.29 Å². The summed E-state index contributed by atoms with van der Waals surface area (Å²) in [5.41, 5.74) is 0. The van der Waals surface area contributed by atoms with Crippen LogP contribution in [-0.2, 0) is 4.79 Å². The predicted octanol–water partition coefficient (Wildman–Crippen LogP) is 1.48. The van der Waals surface area contributed by atoms with Crippen molar-refractivity contribution < 1.29 is 9.90 Å². The van der Waals surface area contributed by atoms with Gasteiger partial charge < -0.3 is 5.11 Å². The second-order valence-corrected chi connectivity index (χ2v) is 2.49. The minimum Gasteiger partial charge on any atom is -0.388 e. The number of aliphatic hydroxyl groups excluding tert-OH is 1. The molecular weight excluding hydrogens is 152 g/mol. The Balaban J connectivity index is 3.89.